The molecule has 7 nitrogen and oxygen atoms in total. The zero-order valence-electron chi connectivity index (χ0n) is 20.2. The van der Waals surface area contributed by atoms with Crippen LogP contribution < -0.4 is 9.62 Å². The molecule has 37 heavy (non-hydrogen) atoms. The number of carbonyl (C=O) groups is 2. The molecule has 0 aromatic heterocycles. The van der Waals surface area contributed by atoms with Crippen LogP contribution in [0.15, 0.2) is 82.2 Å². The van der Waals surface area contributed by atoms with Crippen molar-refractivity contribution in [1.82, 2.24) is 10.2 Å². The molecule has 0 radical (unpaired) electrons. The molecule has 1 N–H and O–H groups in total. The monoisotopic (exact) mass is 625 g/mol. The molecule has 3 aromatic rings. The topological polar surface area (TPSA) is 86.8 Å². The molecule has 0 aliphatic rings. The second-order valence-corrected chi connectivity index (χ2v) is 11.7. The first kappa shape index (κ1) is 29.0. The summed E-state index contributed by atoms with van der Waals surface area (Å²) in [5.74, 6) is -0.946. The molecule has 0 bridgehead atoms. The van der Waals surface area contributed by atoms with Crippen molar-refractivity contribution in [1.29, 1.82) is 0 Å². The van der Waals surface area contributed by atoms with Crippen molar-refractivity contribution < 1.29 is 18.0 Å². The van der Waals surface area contributed by atoms with Crippen molar-refractivity contribution in [3.8, 4) is 0 Å². The van der Waals surface area contributed by atoms with E-state index in [2.05, 4.69) is 21.2 Å². The van der Waals surface area contributed by atoms with Crippen molar-refractivity contribution in [3.63, 3.8) is 0 Å². The molecule has 0 saturated heterocycles. The summed E-state index contributed by atoms with van der Waals surface area (Å²) in [5, 5.41) is 2.86. The van der Waals surface area contributed by atoms with E-state index < -0.39 is 28.5 Å². The van der Waals surface area contributed by atoms with Crippen LogP contribution in [0.2, 0.25) is 10.0 Å². The van der Waals surface area contributed by atoms with E-state index in [0.29, 0.717) is 6.54 Å². The van der Waals surface area contributed by atoms with E-state index >= 15 is 0 Å². The number of rotatable bonds is 10. The van der Waals surface area contributed by atoms with Crippen LogP contribution >= 0.6 is 39.1 Å². The van der Waals surface area contributed by atoms with Crippen LogP contribution in [0.25, 0.3) is 0 Å². The lowest BCUT2D eigenvalue weighted by molar-refractivity contribution is -0.139. The lowest BCUT2D eigenvalue weighted by Crippen LogP contribution is -2.51. The Bertz CT molecular complexity index is 1370. The van der Waals surface area contributed by atoms with Crippen LogP contribution in [-0.4, -0.2) is 44.3 Å². The van der Waals surface area contributed by atoms with Crippen LogP contribution in [0.5, 0.6) is 0 Å². The third-order valence-corrected chi connectivity index (χ3v) is 8.65. The first-order chi connectivity index (χ1) is 17.6. The number of benzene rings is 3. The van der Waals surface area contributed by atoms with Gasteiger partial charge in [-0.3, -0.25) is 13.9 Å². The number of likely N-dealkylation sites (N-methyl/N-ethyl adjacent to an activating group) is 1. The molecule has 0 aliphatic heterocycles. The number of anilines is 1. The summed E-state index contributed by atoms with van der Waals surface area (Å²) in [6.07, 6.45) is 0. The van der Waals surface area contributed by atoms with Gasteiger partial charge in [-0.2, -0.15) is 0 Å². The highest BCUT2D eigenvalue weighted by molar-refractivity contribution is 9.10. The summed E-state index contributed by atoms with van der Waals surface area (Å²) in [6, 6.07) is 18.7. The van der Waals surface area contributed by atoms with Gasteiger partial charge in [0, 0.05) is 17.6 Å². The van der Waals surface area contributed by atoms with Crippen molar-refractivity contribution in [2.24, 2.45) is 0 Å². The van der Waals surface area contributed by atoms with Crippen LogP contribution in [0, 0.1) is 0 Å². The first-order valence-corrected chi connectivity index (χ1v) is 14.4. The maximum Gasteiger partial charge on any atom is 0.264 e. The van der Waals surface area contributed by atoms with Gasteiger partial charge < -0.3 is 10.2 Å². The van der Waals surface area contributed by atoms with Gasteiger partial charge in [0.1, 0.15) is 12.6 Å². The molecule has 2 amide bonds. The largest absolute Gasteiger partial charge is 0.355 e. The summed E-state index contributed by atoms with van der Waals surface area (Å²) < 4.78 is 29.2. The van der Waals surface area contributed by atoms with Gasteiger partial charge in [-0.1, -0.05) is 75.5 Å². The van der Waals surface area contributed by atoms with Crippen LogP contribution in [-0.2, 0) is 26.2 Å². The minimum atomic E-state index is -4.22. The van der Waals surface area contributed by atoms with Crippen molar-refractivity contribution in [3.05, 3.63) is 92.9 Å². The summed E-state index contributed by atoms with van der Waals surface area (Å²) in [7, 11) is -4.22. The predicted octanol–water partition coefficient (Wildman–Crippen LogP) is 5.50. The SMILES string of the molecule is CCNC(=O)[C@H](C)N(Cc1cccc(Br)c1)C(=O)CN(c1cccc(Cl)c1Cl)S(=O)(=O)c1ccccc1. The number of carbonyl (C=O) groups excluding carboxylic acids is 2. The molecule has 0 fully saturated rings. The quantitative estimate of drug-likeness (QED) is 0.322. The molecule has 0 unspecified atom stereocenters. The molecule has 0 spiro atoms. The fraction of sp³-hybridized carbons (Fsp3) is 0.231. The minimum Gasteiger partial charge on any atom is -0.355 e. The lowest BCUT2D eigenvalue weighted by Gasteiger charge is -2.32. The highest BCUT2D eigenvalue weighted by atomic mass is 79.9. The molecular formula is C26H26BrCl2N3O4S. The Balaban J connectivity index is 2.07. The number of halogens is 3. The molecule has 0 saturated carbocycles. The number of amides is 2. The molecule has 3 aromatic carbocycles. The molecule has 0 heterocycles. The zero-order chi connectivity index (χ0) is 27.2. The van der Waals surface area contributed by atoms with Crippen LogP contribution in [0.4, 0.5) is 5.69 Å². The highest BCUT2D eigenvalue weighted by Gasteiger charge is 2.33. The van der Waals surface area contributed by atoms with E-state index in [1.54, 1.807) is 38.1 Å². The standard InChI is InChI=1S/C26H26BrCl2N3O4S/c1-3-30-26(34)18(2)31(16-19-9-7-10-20(27)15-19)24(33)17-32(23-14-8-13-22(28)25(23)29)37(35,36)21-11-5-4-6-12-21/h4-15,18H,3,16-17H2,1-2H3,(H,30,34)/t18-/m0/s1. The Morgan fingerprint density at radius 2 is 1.68 bits per heavy atom. The fourth-order valence-corrected chi connectivity index (χ4v) is 6.00. The Morgan fingerprint density at radius 1 is 1.00 bits per heavy atom. The smallest absolute Gasteiger partial charge is 0.264 e. The molecule has 3 rings (SSSR count). The summed E-state index contributed by atoms with van der Waals surface area (Å²) in [6.45, 7) is 3.24. The highest BCUT2D eigenvalue weighted by Crippen LogP contribution is 2.35. The van der Waals surface area contributed by atoms with E-state index in [0.717, 1.165) is 14.3 Å². The first-order valence-electron chi connectivity index (χ1n) is 11.4. The summed E-state index contributed by atoms with van der Waals surface area (Å²) in [5.41, 5.74) is 0.816. The maximum absolute atomic E-state index is 13.8. The normalized spacial score (nSPS) is 12.0. The molecular weight excluding hydrogens is 601 g/mol. The number of nitrogens with one attached hydrogen (secondary N) is 1. The van der Waals surface area contributed by atoms with Gasteiger partial charge in [0.05, 0.1) is 20.6 Å². The number of sulfonamides is 1. The zero-order valence-corrected chi connectivity index (χ0v) is 24.1. The molecule has 196 valence electrons. The average molecular weight is 627 g/mol. The molecule has 11 heteroatoms. The average Bonchev–Trinajstić information content (AvgIpc) is 2.88. The Kier molecular flexibility index (Phi) is 10.0. The maximum atomic E-state index is 13.8. The van der Waals surface area contributed by atoms with Crippen LogP contribution in [0.3, 0.4) is 0 Å². The third-order valence-electron chi connectivity index (χ3n) is 5.57. The van der Waals surface area contributed by atoms with Crippen molar-refractivity contribution >= 4 is 66.7 Å². The molecule has 0 aliphatic carbocycles. The van der Waals surface area contributed by atoms with Gasteiger partial charge in [-0.25, -0.2) is 8.42 Å². The number of hydrogen-bond acceptors (Lipinski definition) is 4. The van der Waals surface area contributed by atoms with Gasteiger partial charge in [-0.05, 0) is 55.8 Å². The summed E-state index contributed by atoms with van der Waals surface area (Å²) in [4.78, 5) is 27.9. The second kappa shape index (κ2) is 12.8. The minimum absolute atomic E-state index is 0.00760. The van der Waals surface area contributed by atoms with E-state index in [9.17, 15) is 18.0 Å². The van der Waals surface area contributed by atoms with Crippen molar-refractivity contribution in [2.45, 2.75) is 31.3 Å². The Labute approximate surface area is 235 Å². The van der Waals surface area contributed by atoms with Gasteiger partial charge in [0.2, 0.25) is 11.8 Å². The Hall–Kier alpha value is -2.59. The van der Waals surface area contributed by atoms with Gasteiger partial charge >= 0.3 is 0 Å². The van der Waals surface area contributed by atoms with Gasteiger partial charge in [-0.15, -0.1) is 0 Å². The second-order valence-electron chi connectivity index (χ2n) is 8.12. The van der Waals surface area contributed by atoms with Crippen molar-refractivity contribution in [2.75, 3.05) is 17.4 Å². The third kappa shape index (κ3) is 7.04. The summed E-state index contributed by atoms with van der Waals surface area (Å²) >= 11 is 16.0. The Morgan fingerprint density at radius 3 is 2.32 bits per heavy atom. The van der Waals surface area contributed by atoms with Gasteiger partial charge in [0.15, 0.2) is 0 Å². The fourth-order valence-electron chi connectivity index (χ4n) is 3.65. The number of nitrogens with zero attached hydrogens (tertiary/aromatic N) is 2. The van der Waals surface area contributed by atoms with E-state index in [1.165, 1.54) is 29.2 Å². The van der Waals surface area contributed by atoms with E-state index in [1.807, 2.05) is 24.3 Å². The van der Waals surface area contributed by atoms with Crippen LogP contribution in [0.1, 0.15) is 19.4 Å². The van der Waals surface area contributed by atoms with E-state index in [4.69, 9.17) is 23.2 Å². The number of hydrogen-bond donors (Lipinski definition) is 1. The molecule has 1 atom stereocenters. The van der Waals surface area contributed by atoms with Gasteiger partial charge in [0.25, 0.3) is 10.0 Å². The predicted molar refractivity (Wildman–Crippen MR) is 150 cm³/mol. The van der Waals surface area contributed by atoms with E-state index in [-0.39, 0.29) is 33.1 Å². The lowest BCUT2D eigenvalue weighted by atomic mass is 10.1.